The van der Waals surface area contributed by atoms with Gasteiger partial charge in [-0.1, -0.05) is 35.1 Å². The molecule has 0 bridgehead atoms. The first-order valence-electron chi connectivity index (χ1n) is 7.83. The molecule has 0 aliphatic heterocycles. The topological polar surface area (TPSA) is 75.6 Å². The predicted molar refractivity (Wildman–Crippen MR) is 102 cm³/mol. The van der Waals surface area contributed by atoms with Crippen molar-refractivity contribution in [3.05, 3.63) is 59.6 Å². The maximum atomic E-state index is 12.6. The van der Waals surface area contributed by atoms with Crippen molar-refractivity contribution in [3.8, 4) is 0 Å². The van der Waals surface area contributed by atoms with Gasteiger partial charge in [-0.2, -0.15) is 13.2 Å². The molecule has 28 heavy (non-hydrogen) atoms. The van der Waals surface area contributed by atoms with Crippen molar-refractivity contribution in [3.63, 3.8) is 0 Å². The van der Waals surface area contributed by atoms with Crippen LogP contribution >= 0.6 is 22.9 Å². The van der Waals surface area contributed by atoms with Crippen LogP contribution < -0.4 is 10.6 Å². The van der Waals surface area contributed by atoms with Gasteiger partial charge in [-0.15, -0.1) is 0 Å². The van der Waals surface area contributed by atoms with Gasteiger partial charge in [0, 0.05) is 0 Å². The summed E-state index contributed by atoms with van der Waals surface area (Å²) in [4.78, 5) is 16.8. The van der Waals surface area contributed by atoms with E-state index in [4.69, 9.17) is 11.6 Å². The molecular weight excluding hydrogens is 413 g/mol. The minimum atomic E-state index is -4.49. The van der Waals surface area contributed by atoms with Crippen LogP contribution in [-0.4, -0.2) is 19.9 Å². The molecule has 0 spiro atoms. The summed E-state index contributed by atoms with van der Waals surface area (Å²) in [5.41, 5.74) is 0.548. The van der Waals surface area contributed by atoms with E-state index in [0.29, 0.717) is 37.7 Å². The van der Waals surface area contributed by atoms with Crippen LogP contribution in [0.3, 0.4) is 0 Å². The highest BCUT2D eigenvalue weighted by Gasteiger charge is 2.32. The van der Waals surface area contributed by atoms with Crippen LogP contribution in [-0.2, 0) is 6.18 Å². The zero-order valence-corrected chi connectivity index (χ0v) is 15.4. The standard InChI is InChI=1S/C17H10ClF3N6S/c18-10-3-1-2-4-11(10)26-16-27-13-14(23-8-24-15(13)28-16)25-9-5-6-12(22-7-9)17(19,20)21/h1-8H,(H,26,27)(H,23,24,25). The van der Waals surface area contributed by atoms with E-state index in [2.05, 4.69) is 30.6 Å². The van der Waals surface area contributed by atoms with Gasteiger partial charge in [0.1, 0.15) is 17.5 Å². The molecule has 2 N–H and O–H groups in total. The largest absolute Gasteiger partial charge is 0.433 e. The minimum Gasteiger partial charge on any atom is -0.337 e. The Morgan fingerprint density at radius 1 is 0.964 bits per heavy atom. The summed E-state index contributed by atoms with van der Waals surface area (Å²) in [5.74, 6) is 0.356. The number of nitrogens with zero attached hydrogens (tertiary/aromatic N) is 4. The number of thiazole rings is 1. The Labute approximate surface area is 165 Å². The van der Waals surface area contributed by atoms with Crippen LogP contribution in [0, 0.1) is 0 Å². The highest BCUT2D eigenvalue weighted by atomic mass is 35.5. The Kier molecular flexibility index (Phi) is 4.73. The lowest BCUT2D eigenvalue weighted by Crippen LogP contribution is -2.07. The summed E-state index contributed by atoms with van der Waals surface area (Å²) in [6.07, 6.45) is -2.05. The number of fused-ring (bicyclic) bond motifs is 1. The van der Waals surface area contributed by atoms with Crippen LogP contribution in [0.2, 0.25) is 5.02 Å². The molecule has 0 fully saturated rings. The molecule has 0 aliphatic rings. The Morgan fingerprint density at radius 3 is 2.50 bits per heavy atom. The number of nitrogens with one attached hydrogen (secondary N) is 2. The van der Waals surface area contributed by atoms with Crippen LogP contribution in [0.25, 0.3) is 10.3 Å². The second-order valence-corrected chi connectivity index (χ2v) is 6.94. The van der Waals surface area contributed by atoms with Crippen molar-refractivity contribution in [1.82, 2.24) is 19.9 Å². The van der Waals surface area contributed by atoms with Crippen LogP contribution in [0.4, 0.5) is 35.5 Å². The van der Waals surface area contributed by atoms with E-state index < -0.39 is 11.9 Å². The second-order valence-electron chi connectivity index (χ2n) is 5.55. The molecule has 4 rings (SSSR count). The second kappa shape index (κ2) is 7.21. The van der Waals surface area contributed by atoms with Gasteiger partial charge >= 0.3 is 6.18 Å². The van der Waals surface area contributed by atoms with E-state index in [-0.39, 0.29) is 0 Å². The van der Waals surface area contributed by atoms with Gasteiger partial charge in [0.05, 0.1) is 22.6 Å². The molecule has 0 unspecified atom stereocenters. The number of para-hydroxylation sites is 1. The lowest BCUT2D eigenvalue weighted by atomic mass is 10.3. The average Bonchev–Trinajstić information content (AvgIpc) is 3.07. The molecule has 0 aliphatic carbocycles. The number of hydrogen-bond acceptors (Lipinski definition) is 7. The Morgan fingerprint density at radius 2 is 1.79 bits per heavy atom. The minimum absolute atomic E-state index is 0.349. The van der Waals surface area contributed by atoms with E-state index in [1.165, 1.54) is 23.7 Å². The third kappa shape index (κ3) is 3.82. The van der Waals surface area contributed by atoms with Gasteiger partial charge < -0.3 is 10.6 Å². The molecule has 0 amide bonds. The molecule has 11 heteroatoms. The lowest BCUT2D eigenvalue weighted by Gasteiger charge is -2.08. The molecular formula is C17H10ClF3N6S. The molecule has 0 atom stereocenters. The number of anilines is 4. The fourth-order valence-corrected chi connectivity index (χ4v) is 3.35. The van der Waals surface area contributed by atoms with Crippen molar-refractivity contribution in [2.75, 3.05) is 10.6 Å². The third-order valence-corrected chi connectivity index (χ3v) is 4.84. The highest BCUT2D eigenvalue weighted by Crippen LogP contribution is 2.33. The summed E-state index contributed by atoms with van der Waals surface area (Å²) >= 11 is 7.44. The number of benzene rings is 1. The molecule has 0 saturated heterocycles. The molecule has 3 aromatic heterocycles. The van der Waals surface area contributed by atoms with Crippen molar-refractivity contribution >= 4 is 55.6 Å². The summed E-state index contributed by atoms with van der Waals surface area (Å²) < 4.78 is 37.9. The third-order valence-electron chi connectivity index (χ3n) is 3.63. The molecule has 0 radical (unpaired) electrons. The van der Waals surface area contributed by atoms with Gasteiger partial charge in [-0.25, -0.2) is 19.9 Å². The van der Waals surface area contributed by atoms with Crippen LogP contribution in [0.5, 0.6) is 0 Å². The lowest BCUT2D eigenvalue weighted by molar-refractivity contribution is -0.141. The number of alkyl halides is 3. The van der Waals surface area contributed by atoms with Crippen molar-refractivity contribution < 1.29 is 13.2 Å². The first-order valence-corrected chi connectivity index (χ1v) is 9.03. The molecule has 3 heterocycles. The number of pyridine rings is 1. The molecule has 6 nitrogen and oxygen atoms in total. The van der Waals surface area contributed by atoms with Crippen molar-refractivity contribution in [1.29, 1.82) is 0 Å². The predicted octanol–water partition coefficient (Wildman–Crippen LogP) is 5.64. The average molecular weight is 423 g/mol. The summed E-state index contributed by atoms with van der Waals surface area (Å²) in [6, 6.07) is 9.39. The number of aromatic nitrogens is 4. The molecule has 1 aromatic carbocycles. The molecule has 0 saturated carbocycles. The van der Waals surface area contributed by atoms with Crippen LogP contribution in [0.15, 0.2) is 48.9 Å². The van der Waals surface area contributed by atoms with E-state index in [9.17, 15) is 13.2 Å². The van der Waals surface area contributed by atoms with Crippen molar-refractivity contribution in [2.24, 2.45) is 0 Å². The first-order chi connectivity index (χ1) is 13.4. The maximum absolute atomic E-state index is 12.6. The van der Waals surface area contributed by atoms with E-state index in [0.717, 1.165) is 12.3 Å². The van der Waals surface area contributed by atoms with Gasteiger partial charge in [-0.05, 0) is 24.3 Å². The molecule has 142 valence electrons. The fourth-order valence-electron chi connectivity index (χ4n) is 2.35. The zero-order valence-electron chi connectivity index (χ0n) is 13.8. The summed E-state index contributed by atoms with van der Waals surface area (Å²) in [5, 5.41) is 7.14. The zero-order chi connectivity index (χ0) is 19.7. The van der Waals surface area contributed by atoms with Gasteiger partial charge in [0.2, 0.25) is 0 Å². The normalized spacial score (nSPS) is 11.6. The van der Waals surface area contributed by atoms with Gasteiger partial charge in [-0.3, -0.25) is 0 Å². The Hall–Kier alpha value is -2.98. The van der Waals surface area contributed by atoms with Crippen molar-refractivity contribution in [2.45, 2.75) is 6.18 Å². The Balaban J connectivity index is 1.61. The van der Waals surface area contributed by atoms with E-state index >= 15 is 0 Å². The monoisotopic (exact) mass is 422 g/mol. The van der Waals surface area contributed by atoms with Gasteiger partial charge in [0.15, 0.2) is 15.8 Å². The SMILES string of the molecule is FC(F)(F)c1ccc(Nc2ncnc3sc(Nc4ccccc4Cl)nc23)cn1. The summed E-state index contributed by atoms with van der Waals surface area (Å²) in [6.45, 7) is 0. The van der Waals surface area contributed by atoms with E-state index in [1.54, 1.807) is 6.07 Å². The summed E-state index contributed by atoms with van der Waals surface area (Å²) in [7, 11) is 0. The fraction of sp³-hybridized carbons (Fsp3) is 0.0588. The van der Waals surface area contributed by atoms with E-state index in [1.807, 2.05) is 18.2 Å². The Bertz CT molecular complexity index is 1130. The first kappa shape index (κ1) is 18.4. The quantitative estimate of drug-likeness (QED) is 0.443. The number of rotatable bonds is 4. The maximum Gasteiger partial charge on any atom is 0.433 e. The number of hydrogen-bond donors (Lipinski definition) is 2. The van der Waals surface area contributed by atoms with Crippen LogP contribution in [0.1, 0.15) is 5.69 Å². The highest BCUT2D eigenvalue weighted by molar-refractivity contribution is 7.21. The van der Waals surface area contributed by atoms with Gasteiger partial charge in [0.25, 0.3) is 0 Å². The number of halogens is 4. The smallest absolute Gasteiger partial charge is 0.337 e. The molecule has 4 aromatic rings.